The van der Waals surface area contributed by atoms with Crippen LogP contribution in [-0.2, 0) is 11.3 Å². The number of rotatable bonds is 7. The van der Waals surface area contributed by atoms with Crippen molar-refractivity contribution >= 4 is 34.4 Å². The highest BCUT2D eigenvalue weighted by molar-refractivity contribution is 7.08. The minimum absolute atomic E-state index is 0.0713. The third kappa shape index (κ3) is 3.78. The molecular weight excluding hydrogens is 368 g/mol. The van der Waals surface area contributed by atoms with Crippen molar-refractivity contribution in [2.24, 2.45) is 0 Å². The number of hydrogen-bond acceptors (Lipinski definition) is 8. The average Bonchev–Trinajstić information content (AvgIpc) is 3.40. The van der Waals surface area contributed by atoms with Gasteiger partial charge in [0.2, 0.25) is 5.91 Å². The summed E-state index contributed by atoms with van der Waals surface area (Å²) in [6.07, 6.45) is 3.31. The van der Waals surface area contributed by atoms with E-state index in [1.54, 1.807) is 34.3 Å². The number of anilines is 2. The number of aromatic nitrogens is 6. The predicted octanol–water partition coefficient (Wildman–Crippen LogP) is 0.901. The summed E-state index contributed by atoms with van der Waals surface area (Å²) in [5.41, 5.74) is 2.30. The molecule has 0 aliphatic rings. The van der Waals surface area contributed by atoms with E-state index < -0.39 is 0 Å². The van der Waals surface area contributed by atoms with E-state index in [4.69, 9.17) is 5.11 Å². The second-order valence-electron chi connectivity index (χ2n) is 5.65. The maximum absolute atomic E-state index is 11.7. The van der Waals surface area contributed by atoms with E-state index in [2.05, 4.69) is 31.0 Å². The normalized spacial score (nSPS) is 11.0. The van der Waals surface area contributed by atoms with Gasteiger partial charge in [0.05, 0.1) is 18.5 Å². The second kappa shape index (κ2) is 7.51. The van der Waals surface area contributed by atoms with Crippen LogP contribution in [0.25, 0.3) is 17.0 Å². The van der Waals surface area contributed by atoms with Crippen LogP contribution in [-0.4, -0.2) is 53.8 Å². The van der Waals surface area contributed by atoms with Gasteiger partial charge in [0.1, 0.15) is 6.54 Å². The monoisotopic (exact) mass is 384 g/mol. The molecule has 11 heteroatoms. The molecule has 0 radical (unpaired) electrons. The molecule has 0 aliphatic heterocycles. The van der Waals surface area contributed by atoms with Gasteiger partial charge in [-0.3, -0.25) is 9.48 Å². The van der Waals surface area contributed by atoms with Gasteiger partial charge in [-0.15, -0.1) is 15.3 Å². The van der Waals surface area contributed by atoms with Gasteiger partial charge >= 0.3 is 0 Å². The number of fused-ring (bicyclic) bond motifs is 1. The van der Waals surface area contributed by atoms with Crippen LogP contribution >= 0.6 is 11.3 Å². The molecule has 0 aromatic carbocycles. The molecule has 3 N–H and O–H groups in total. The molecule has 4 aromatic rings. The van der Waals surface area contributed by atoms with E-state index in [1.165, 1.54) is 4.68 Å². The Balaban J connectivity index is 1.51. The quantitative estimate of drug-likeness (QED) is 0.433. The summed E-state index contributed by atoms with van der Waals surface area (Å²) in [5, 5.41) is 35.4. The third-order valence-corrected chi connectivity index (χ3v) is 4.37. The fourth-order valence-corrected chi connectivity index (χ4v) is 3.12. The SMILES string of the molecule is O=C(Cn1cc(Nc2ccc3nnc(-c4ccsc4)n3n2)cn1)NCCO. The fraction of sp³-hybridized carbons (Fsp3) is 0.188. The van der Waals surface area contributed by atoms with Gasteiger partial charge in [0, 0.05) is 23.7 Å². The molecule has 0 saturated heterocycles. The lowest BCUT2D eigenvalue weighted by atomic mass is 10.3. The van der Waals surface area contributed by atoms with Crippen LogP contribution < -0.4 is 10.6 Å². The number of aliphatic hydroxyl groups is 1. The van der Waals surface area contributed by atoms with E-state index in [1.807, 2.05) is 22.9 Å². The minimum atomic E-state index is -0.219. The Kier molecular flexibility index (Phi) is 4.77. The molecule has 0 saturated carbocycles. The van der Waals surface area contributed by atoms with Crippen molar-refractivity contribution in [3.8, 4) is 11.4 Å². The lowest BCUT2D eigenvalue weighted by Gasteiger charge is -2.04. The molecule has 27 heavy (non-hydrogen) atoms. The number of nitrogens with one attached hydrogen (secondary N) is 2. The standard InChI is InChI=1S/C16H16N8O2S/c25-5-4-17-15(26)9-23-8-12(7-18-23)19-13-1-2-14-20-21-16(24(14)22-13)11-3-6-27-10-11/h1-3,6-8,10,25H,4-5,9H2,(H,17,26)(H,19,22). The maximum atomic E-state index is 11.7. The molecule has 4 heterocycles. The van der Waals surface area contributed by atoms with Crippen molar-refractivity contribution in [1.82, 2.24) is 34.9 Å². The van der Waals surface area contributed by atoms with Gasteiger partial charge in [0.25, 0.3) is 0 Å². The van der Waals surface area contributed by atoms with Crippen molar-refractivity contribution in [3.63, 3.8) is 0 Å². The smallest absolute Gasteiger partial charge is 0.241 e. The number of carbonyl (C=O) groups excluding carboxylic acids is 1. The van der Waals surface area contributed by atoms with Crippen molar-refractivity contribution in [3.05, 3.63) is 41.4 Å². The number of carbonyl (C=O) groups is 1. The van der Waals surface area contributed by atoms with E-state index >= 15 is 0 Å². The van der Waals surface area contributed by atoms with Crippen LogP contribution in [0.4, 0.5) is 11.5 Å². The topological polar surface area (TPSA) is 122 Å². The molecule has 0 bridgehead atoms. The Labute approximate surface area is 157 Å². The van der Waals surface area contributed by atoms with Crippen LogP contribution in [0.5, 0.6) is 0 Å². The van der Waals surface area contributed by atoms with Gasteiger partial charge in [-0.25, -0.2) is 0 Å². The molecule has 4 aromatic heterocycles. The minimum Gasteiger partial charge on any atom is -0.395 e. The zero-order valence-electron chi connectivity index (χ0n) is 14.1. The van der Waals surface area contributed by atoms with Gasteiger partial charge in [-0.1, -0.05) is 0 Å². The van der Waals surface area contributed by atoms with Crippen LogP contribution in [0, 0.1) is 0 Å². The van der Waals surface area contributed by atoms with E-state index in [9.17, 15) is 4.79 Å². The van der Waals surface area contributed by atoms with Crippen LogP contribution in [0.3, 0.4) is 0 Å². The van der Waals surface area contributed by atoms with E-state index in [-0.39, 0.29) is 25.6 Å². The largest absolute Gasteiger partial charge is 0.395 e. The highest BCUT2D eigenvalue weighted by Gasteiger charge is 2.11. The predicted molar refractivity (Wildman–Crippen MR) is 99.7 cm³/mol. The number of hydrogen-bond donors (Lipinski definition) is 3. The molecule has 1 amide bonds. The van der Waals surface area contributed by atoms with E-state index in [0.717, 1.165) is 5.56 Å². The first-order valence-corrected chi connectivity index (χ1v) is 9.09. The summed E-state index contributed by atoms with van der Waals surface area (Å²) in [6, 6.07) is 5.59. The van der Waals surface area contributed by atoms with Gasteiger partial charge < -0.3 is 15.7 Å². The molecule has 0 fully saturated rings. The summed E-state index contributed by atoms with van der Waals surface area (Å²) in [5.74, 6) is 1.05. The number of thiophene rings is 1. The maximum Gasteiger partial charge on any atom is 0.241 e. The molecule has 4 rings (SSSR count). The Morgan fingerprint density at radius 3 is 3.00 bits per heavy atom. The molecular formula is C16H16N8O2S. The van der Waals surface area contributed by atoms with Gasteiger partial charge in [-0.05, 0) is 23.6 Å². The summed E-state index contributed by atoms with van der Waals surface area (Å²) < 4.78 is 3.18. The zero-order valence-corrected chi connectivity index (χ0v) is 14.9. The molecule has 0 atom stereocenters. The first kappa shape index (κ1) is 17.1. The molecule has 0 unspecified atom stereocenters. The van der Waals surface area contributed by atoms with Crippen LogP contribution in [0.15, 0.2) is 41.4 Å². The Bertz CT molecular complexity index is 1060. The number of aliphatic hydroxyl groups excluding tert-OH is 1. The number of amides is 1. The van der Waals surface area contributed by atoms with Crippen molar-refractivity contribution in [2.45, 2.75) is 6.54 Å². The highest BCUT2D eigenvalue weighted by atomic mass is 32.1. The Morgan fingerprint density at radius 1 is 1.26 bits per heavy atom. The molecule has 138 valence electrons. The highest BCUT2D eigenvalue weighted by Crippen LogP contribution is 2.21. The zero-order chi connectivity index (χ0) is 18.6. The first-order valence-electron chi connectivity index (χ1n) is 8.15. The van der Waals surface area contributed by atoms with Crippen molar-refractivity contribution < 1.29 is 9.90 Å². The van der Waals surface area contributed by atoms with Crippen LogP contribution in [0.1, 0.15) is 0 Å². The third-order valence-electron chi connectivity index (χ3n) is 3.69. The fourth-order valence-electron chi connectivity index (χ4n) is 2.49. The molecule has 0 aliphatic carbocycles. The molecule has 0 spiro atoms. The van der Waals surface area contributed by atoms with Gasteiger partial charge in [0.15, 0.2) is 17.3 Å². The number of nitrogens with zero attached hydrogens (tertiary/aromatic N) is 6. The van der Waals surface area contributed by atoms with E-state index in [0.29, 0.717) is 23.0 Å². The summed E-state index contributed by atoms with van der Waals surface area (Å²) in [6.45, 7) is 0.199. The van der Waals surface area contributed by atoms with Crippen LogP contribution in [0.2, 0.25) is 0 Å². The summed E-state index contributed by atoms with van der Waals surface area (Å²) >= 11 is 1.58. The summed E-state index contributed by atoms with van der Waals surface area (Å²) in [4.78, 5) is 11.7. The van der Waals surface area contributed by atoms with Gasteiger partial charge in [-0.2, -0.15) is 21.0 Å². The van der Waals surface area contributed by atoms with Crippen molar-refractivity contribution in [2.75, 3.05) is 18.5 Å². The summed E-state index contributed by atoms with van der Waals surface area (Å²) in [7, 11) is 0. The lowest BCUT2D eigenvalue weighted by molar-refractivity contribution is -0.122. The molecule has 10 nitrogen and oxygen atoms in total. The average molecular weight is 384 g/mol. The van der Waals surface area contributed by atoms with Crippen molar-refractivity contribution in [1.29, 1.82) is 0 Å². The second-order valence-corrected chi connectivity index (χ2v) is 6.43. The lowest BCUT2D eigenvalue weighted by Crippen LogP contribution is -2.30. The first-order chi connectivity index (χ1) is 13.2. The Hall–Kier alpha value is -3.31. The Morgan fingerprint density at radius 2 is 2.19 bits per heavy atom.